The molecule has 0 aliphatic carbocycles. The molecule has 0 radical (unpaired) electrons. The van der Waals surface area contributed by atoms with Crippen LogP contribution in [-0.2, 0) is 22.6 Å². The fraction of sp³-hybridized carbons (Fsp3) is 0.389. The summed E-state index contributed by atoms with van der Waals surface area (Å²) in [6, 6.07) is 3.74. The van der Waals surface area contributed by atoms with E-state index in [1.165, 1.54) is 6.92 Å². The second-order valence-electron chi connectivity index (χ2n) is 6.16. The number of rotatable bonds is 5. The highest BCUT2D eigenvalue weighted by molar-refractivity contribution is 5.74. The lowest BCUT2D eigenvalue weighted by Crippen LogP contribution is -2.35. The lowest BCUT2D eigenvalue weighted by molar-refractivity contribution is -0.129. The highest BCUT2D eigenvalue weighted by atomic mass is 16.2. The van der Waals surface area contributed by atoms with Crippen molar-refractivity contribution in [1.82, 2.24) is 25.2 Å². The topological polar surface area (TPSA) is 100 Å². The van der Waals surface area contributed by atoms with Gasteiger partial charge in [0.15, 0.2) is 5.82 Å². The van der Waals surface area contributed by atoms with Crippen molar-refractivity contribution < 1.29 is 9.59 Å². The summed E-state index contributed by atoms with van der Waals surface area (Å²) in [5, 5.41) is 6.05. The van der Waals surface area contributed by atoms with Crippen LogP contribution < -0.4 is 10.6 Å². The highest BCUT2D eigenvalue weighted by Crippen LogP contribution is 2.26. The average molecular weight is 354 g/mol. The molecule has 8 nitrogen and oxygen atoms in total. The summed E-state index contributed by atoms with van der Waals surface area (Å²) in [5.41, 5.74) is 2.69. The molecule has 0 saturated heterocycles. The molecule has 2 amide bonds. The third-order valence-electron chi connectivity index (χ3n) is 4.22. The maximum absolute atomic E-state index is 11.7. The van der Waals surface area contributed by atoms with Crippen LogP contribution in [0, 0.1) is 0 Å². The van der Waals surface area contributed by atoms with E-state index in [1.54, 1.807) is 24.2 Å². The smallest absolute Gasteiger partial charge is 0.219 e. The molecule has 3 heterocycles. The van der Waals surface area contributed by atoms with Crippen LogP contribution in [0.2, 0.25) is 0 Å². The van der Waals surface area contributed by atoms with Crippen LogP contribution in [0.1, 0.15) is 25.1 Å². The Balaban J connectivity index is 1.90. The Morgan fingerprint density at radius 1 is 1.23 bits per heavy atom. The zero-order valence-electron chi connectivity index (χ0n) is 15.0. The number of aromatic nitrogens is 3. The number of carbonyl (C=O) groups excluding carboxylic acids is 2. The maximum Gasteiger partial charge on any atom is 0.219 e. The Bertz CT molecular complexity index is 809. The molecule has 0 atom stereocenters. The molecular weight excluding hydrogens is 332 g/mol. The summed E-state index contributed by atoms with van der Waals surface area (Å²) in [5.74, 6) is 1.30. The van der Waals surface area contributed by atoms with Crippen molar-refractivity contribution in [3.63, 3.8) is 0 Å². The van der Waals surface area contributed by atoms with Gasteiger partial charge in [-0.25, -0.2) is 9.97 Å². The van der Waals surface area contributed by atoms with E-state index in [-0.39, 0.29) is 11.8 Å². The minimum atomic E-state index is -0.0651. The summed E-state index contributed by atoms with van der Waals surface area (Å²) < 4.78 is 0. The minimum Gasteiger partial charge on any atom is -0.368 e. The number of amides is 2. The van der Waals surface area contributed by atoms with Crippen LogP contribution in [0.5, 0.6) is 0 Å². The number of carbonyl (C=O) groups is 2. The van der Waals surface area contributed by atoms with Gasteiger partial charge in [-0.2, -0.15) is 0 Å². The van der Waals surface area contributed by atoms with Gasteiger partial charge in [0.05, 0.1) is 12.2 Å². The predicted molar refractivity (Wildman–Crippen MR) is 97.2 cm³/mol. The Hall–Kier alpha value is -3.03. The van der Waals surface area contributed by atoms with E-state index in [4.69, 9.17) is 0 Å². The zero-order chi connectivity index (χ0) is 18.5. The molecule has 1 aliphatic rings. The van der Waals surface area contributed by atoms with Gasteiger partial charge in [0.25, 0.3) is 0 Å². The first-order valence-electron chi connectivity index (χ1n) is 8.58. The molecule has 0 saturated carbocycles. The Morgan fingerprint density at radius 3 is 2.77 bits per heavy atom. The lowest BCUT2D eigenvalue weighted by atomic mass is 10.0. The normalized spacial score (nSPS) is 13.1. The van der Waals surface area contributed by atoms with E-state index >= 15 is 0 Å². The van der Waals surface area contributed by atoms with Gasteiger partial charge < -0.3 is 15.5 Å². The van der Waals surface area contributed by atoms with E-state index in [9.17, 15) is 9.59 Å². The van der Waals surface area contributed by atoms with Gasteiger partial charge in [-0.15, -0.1) is 0 Å². The molecule has 8 heteroatoms. The second-order valence-corrected chi connectivity index (χ2v) is 6.16. The zero-order valence-corrected chi connectivity index (χ0v) is 15.0. The molecule has 0 spiro atoms. The largest absolute Gasteiger partial charge is 0.368 e. The molecule has 0 unspecified atom stereocenters. The minimum absolute atomic E-state index is 0.0392. The van der Waals surface area contributed by atoms with Crippen molar-refractivity contribution in [2.45, 2.75) is 26.8 Å². The monoisotopic (exact) mass is 354 g/mol. The molecule has 26 heavy (non-hydrogen) atoms. The molecule has 2 aromatic heterocycles. The van der Waals surface area contributed by atoms with Crippen LogP contribution in [0.3, 0.4) is 0 Å². The number of nitrogens with zero attached hydrogens (tertiary/aromatic N) is 4. The number of hydrogen-bond donors (Lipinski definition) is 2. The van der Waals surface area contributed by atoms with Crippen LogP contribution in [0.15, 0.2) is 24.5 Å². The first-order chi connectivity index (χ1) is 12.5. The van der Waals surface area contributed by atoms with Crippen LogP contribution in [-0.4, -0.2) is 51.3 Å². The summed E-state index contributed by atoms with van der Waals surface area (Å²) >= 11 is 0. The maximum atomic E-state index is 11.7. The molecule has 3 rings (SSSR count). The Kier molecular flexibility index (Phi) is 5.40. The highest BCUT2D eigenvalue weighted by Gasteiger charge is 2.24. The van der Waals surface area contributed by atoms with Crippen molar-refractivity contribution in [1.29, 1.82) is 0 Å². The molecular formula is C18H22N6O2. The third kappa shape index (κ3) is 4.14. The predicted octanol–water partition coefficient (Wildman–Crippen LogP) is 0.991. The van der Waals surface area contributed by atoms with Crippen LogP contribution in [0.4, 0.5) is 5.82 Å². The van der Waals surface area contributed by atoms with Gasteiger partial charge in [-0.3, -0.25) is 14.6 Å². The summed E-state index contributed by atoms with van der Waals surface area (Å²) in [6.07, 6.45) is 4.12. The molecule has 0 aromatic carbocycles. The number of nitrogens with one attached hydrogen (secondary N) is 2. The molecule has 136 valence electrons. The SMILES string of the molecule is CC(=O)NCCNc1nc(-c2cccnc2)nc2c1CCN(C(C)=O)C2. The van der Waals surface area contributed by atoms with Crippen LogP contribution >= 0.6 is 0 Å². The van der Waals surface area contributed by atoms with Gasteiger partial charge in [0.2, 0.25) is 11.8 Å². The Morgan fingerprint density at radius 2 is 2.08 bits per heavy atom. The van der Waals surface area contributed by atoms with E-state index < -0.39 is 0 Å². The summed E-state index contributed by atoms with van der Waals surface area (Å²) in [4.78, 5) is 38.0. The Labute approximate surface area is 152 Å². The first kappa shape index (κ1) is 17.8. The first-order valence-corrected chi connectivity index (χ1v) is 8.58. The third-order valence-corrected chi connectivity index (χ3v) is 4.22. The van der Waals surface area contributed by atoms with E-state index in [1.807, 2.05) is 12.1 Å². The number of anilines is 1. The molecule has 0 fully saturated rings. The average Bonchev–Trinajstić information content (AvgIpc) is 2.64. The van der Waals surface area contributed by atoms with Crippen molar-refractivity contribution in [3.05, 3.63) is 35.8 Å². The van der Waals surface area contributed by atoms with Gasteiger partial charge in [0, 0.05) is 57.0 Å². The van der Waals surface area contributed by atoms with E-state index in [0.29, 0.717) is 38.4 Å². The molecule has 2 aromatic rings. The molecule has 2 N–H and O–H groups in total. The van der Waals surface area contributed by atoms with Crippen molar-refractivity contribution in [2.24, 2.45) is 0 Å². The van der Waals surface area contributed by atoms with E-state index in [0.717, 1.165) is 22.6 Å². The molecule has 1 aliphatic heterocycles. The van der Waals surface area contributed by atoms with Crippen molar-refractivity contribution in [2.75, 3.05) is 25.0 Å². The lowest BCUT2D eigenvalue weighted by Gasteiger charge is -2.28. The van der Waals surface area contributed by atoms with Crippen LogP contribution in [0.25, 0.3) is 11.4 Å². The fourth-order valence-corrected chi connectivity index (χ4v) is 2.89. The number of fused-ring (bicyclic) bond motifs is 1. The van der Waals surface area contributed by atoms with Gasteiger partial charge in [0.1, 0.15) is 5.82 Å². The fourth-order valence-electron chi connectivity index (χ4n) is 2.89. The van der Waals surface area contributed by atoms with Crippen molar-refractivity contribution >= 4 is 17.6 Å². The standard InChI is InChI=1S/C18H22N6O2/c1-12(25)20-7-8-21-18-15-5-9-24(13(2)26)11-16(15)22-17(23-18)14-4-3-6-19-10-14/h3-4,6,10H,5,7-9,11H2,1-2H3,(H,20,25)(H,21,22,23). The molecule has 0 bridgehead atoms. The summed E-state index contributed by atoms with van der Waals surface area (Å²) in [6.45, 7) is 5.26. The quantitative estimate of drug-likeness (QED) is 0.777. The number of pyridine rings is 1. The van der Waals surface area contributed by atoms with Gasteiger partial charge >= 0.3 is 0 Å². The van der Waals surface area contributed by atoms with Gasteiger partial charge in [-0.1, -0.05) is 0 Å². The second kappa shape index (κ2) is 7.90. The number of hydrogen-bond acceptors (Lipinski definition) is 6. The van der Waals surface area contributed by atoms with E-state index in [2.05, 4.69) is 25.6 Å². The van der Waals surface area contributed by atoms with Gasteiger partial charge in [-0.05, 0) is 18.6 Å². The summed E-state index contributed by atoms with van der Waals surface area (Å²) in [7, 11) is 0. The van der Waals surface area contributed by atoms with Crippen molar-refractivity contribution in [3.8, 4) is 11.4 Å².